The Morgan fingerprint density at radius 2 is 1.88 bits per heavy atom. The van der Waals surface area contributed by atoms with Crippen LogP contribution >= 0.6 is 0 Å². The van der Waals surface area contributed by atoms with Gasteiger partial charge in [-0.15, -0.1) is 0 Å². The number of piperidine rings is 1. The standard InChI is InChI=1S/C23H30N4O5S/c1-2-32-23-19(7-6-10-24-23)22(28)25-20-17-18(33(29,30)27-13-15-31-16-14-27)8-9-21(20)26-11-4-3-5-12-26/h6-10,17H,2-5,11-16H2,1H3,(H,25,28). The van der Waals surface area contributed by atoms with Crippen LogP contribution in [-0.2, 0) is 14.8 Å². The highest BCUT2D eigenvalue weighted by molar-refractivity contribution is 7.89. The van der Waals surface area contributed by atoms with E-state index in [4.69, 9.17) is 9.47 Å². The number of carbonyl (C=O) groups excluding carboxylic acids is 1. The van der Waals surface area contributed by atoms with Gasteiger partial charge in [0.2, 0.25) is 15.9 Å². The van der Waals surface area contributed by atoms with Crippen LogP contribution in [0, 0.1) is 0 Å². The van der Waals surface area contributed by atoms with Crippen LogP contribution in [0.5, 0.6) is 5.88 Å². The van der Waals surface area contributed by atoms with E-state index >= 15 is 0 Å². The first kappa shape index (κ1) is 23.5. The number of pyridine rings is 1. The fourth-order valence-corrected chi connectivity index (χ4v) is 5.56. The van der Waals surface area contributed by atoms with Crippen molar-refractivity contribution in [3.8, 4) is 5.88 Å². The Morgan fingerprint density at radius 1 is 1.12 bits per heavy atom. The van der Waals surface area contributed by atoms with Crippen LogP contribution in [-0.4, -0.2) is 69.6 Å². The van der Waals surface area contributed by atoms with Gasteiger partial charge in [0.05, 0.1) is 36.1 Å². The third-order valence-corrected chi connectivity index (χ3v) is 7.71. The maximum Gasteiger partial charge on any atom is 0.261 e. The predicted molar refractivity (Wildman–Crippen MR) is 125 cm³/mol. The molecule has 33 heavy (non-hydrogen) atoms. The molecule has 0 radical (unpaired) electrons. The molecule has 1 aromatic carbocycles. The van der Waals surface area contributed by atoms with E-state index in [9.17, 15) is 13.2 Å². The summed E-state index contributed by atoms with van der Waals surface area (Å²) in [4.78, 5) is 19.7. The summed E-state index contributed by atoms with van der Waals surface area (Å²) in [5.74, 6) is -0.153. The van der Waals surface area contributed by atoms with Crippen molar-refractivity contribution >= 4 is 27.3 Å². The minimum atomic E-state index is -3.70. The molecule has 0 saturated carbocycles. The van der Waals surface area contributed by atoms with Gasteiger partial charge in [-0.2, -0.15) is 4.31 Å². The molecule has 2 aliphatic heterocycles. The van der Waals surface area contributed by atoms with Crippen LogP contribution < -0.4 is 15.0 Å². The minimum Gasteiger partial charge on any atom is -0.477 e. The number of aromatic nitrogens is 1. The Labute approximate surface area is 194 Å². The molecule has 1 amide bonds. The molecule has 1 N–H and O–H groups in total. The van der Waals surface area contributed by atoms with E-state index in [1.165, 1.54) is 4.31 Å². The molecule has 10 heteroatoms. The van der Waals surface area contributed by atoms with Gasteiger partial charge in [0.15, 0.2) is 0 Å². The fraction of sp³-hybridized carbons (Fsp3) is 0.478. The van der Waals surface area contributed by atoms with Gasteiger partial charge in [0, 0.05) is 32.4 Å². The van der Waals surface area contributed by atoms with Crippen LogP contribution in [0.4, 0.5) is 11.4 Å². The molecule has 0 unspecified atom stereocenters. The number of ether oxygens (including phenoxy) is 2. The monoisotopic (exact) mass is 474 g/mol. The second-order valence-corrected chi connectivity index (χ2v) is 9.92. The predicted octanol–water partition coefficient (Wildman–Crippen LogP) is 2.74. The maximum atomic E-state index is 13.2. The number of sulfonamides is 1. The average Bonchev–Trinajstić information content (AvgIpc) is 2.85. The van der Waals surface area contributed by atoms with Crippen molar-refractivity contribution in [2.24, 2.45) is 0 Å². The molecule has 2 saturated heterocycles. The summed E-state index contributed by atoms with van der Waals surface area (Å²) < 4.78 is 38.7. The Balaban J connectivity index is 1.69. The number of rotatable bonds is 7. The quantitative estimate of drug-likeness (QED) is 0.658. The lowest BCUT2D eigenvalue weighted by Crippen LogP contribution is -2.40. The van der Waals surface area contributed by atoms with Crippen LogP contribution in [0.3, 0.4) is 0 Å². The van der Waals surface area contributed by atoms with Crippen molar-refractivity contribution in [2.75, 3.05) is 56.2 Å². The van der Waals surface area contributed by atoms with Gasteiger partial charge in [0.1, 0.15) is 5.56 Å². The van der Waals surface area contributed by atoms with E-state index < -0.39 is 15.9 Å². The Hall–Kier alpha value is -2.69. The average molecular weight is 475 g/mol. The van der Waals surface area contributed by atoms with E-state index in [1.807, 2.05) is 6.92 Å². The molecular weight excluding hydrogens is 444 g/mol. The first-order valence-electron chi connectivity index (χ1n) is 11.4. The second kappa shape index (κ2) is 10.5. The zero-order valence-electron chi connectivity index (χ0n) is 18.8. The third kappa shape index (κ3) is 5.29. The maximum absolute atomic E-state index is 13.2. The summed E-state index contributed by atoms with van der Waals surface area (Å²) in [6, 6.07) is 8.29. The summed E-state index contributed by atoms with van der Waals surface area (Å²) in [6.45, 7) is 5.28. The highest BCUT2D eigenvalue weighted by Crippen LogP contribution is 2.33. The lowest BCUT2D eigenvalue weighted by molar-refractivity contribution is 0.0730. The SMILES string of the molecule is CCOc1ncccc1C(=O)Nc1cc(S(=O)(=O)N2CCOCC2)ccc1N1CCCCC1. The molecule has 2 aromatic rings. The zero-order valence-corrected chi connectivity index (χ0v) is 19.6. The topological polar surface area (TPSA) is 101 Å². The molecule has 1 aromatic heterocycles. The summed E-state index contributed by atoms with van der Waals surface area (Å²) in [5, 5.41) is 2.93. The highest BCUT2D eigenvalue weighted by atomic mass is 32.2. The number of hydrogen-bond donors (Lipinski definition) is 1. The minimum absolute atomic E-state index is 0.150. The highest BCUT2D eigenvalue weighted by Gasteiger charge is 2.28. The van der Waals surface area contributed by atoms with Crippen molar-refractivity contribution in [1.82, 2.24) is 9.29 Å². The van der Waals surface area contributed by atoms with E-state index in [0.717, 1.165) is 38.0 Å². The molecule has 9 nitrogen and oxygen atoms in total. The van der Waals surface area contributed by atoms with E-state index in [2.05, 4.69) is 15.2 Å². The summed E-state index contributed by atoms with van der Waals surface area (Å²) >= 11 is 0. The van der Waals surface area contributed by atoms with Crippen LogP contribution in [0.25, 0.3) is 0 Å². The third-order valence-electron chi connectivity index (χ3n) is 5.82. The van der Waals surface area contributed by atoms with Gasteiger partial charge in [-0.05, 0) is 56.5 Å². The van der Waals surface area contributed by atoms with Crippen molar-refractivity contribution in [2.45, 2.75) is 31.1 Å². The molecule has 4 rings (SSSR count). The number of amides is 1. The van der Waals surface area contributed by atoms with Crippen molar-refractivity contribution < 1.29 is 22.7 Å². The molecule has 0 bridgehead atoms. The van der Waals surface area contributed by atoms with Gasteiger partial charge in [0.25, 0.3) is 5.91 Å². The Morgan fingerprint density at radius 3 is 2.61 bits per heavy atom. The number of benzene rings is 1. The van der Waals surface area contributed by atoms with Gasteiger partial charge in [-0.1, -0.05) is 0 Å². The first-order chi connectivity index (χ1) is 16.0. The number of nitrogens with zero attached hydrogens (tertiary/aromatic N) is 3. The second-order valence-electron chi connectivity index (χ2n) is 7.99. The van der Waals surface area contributed by atoms with E-state index in [0.29, 0.717) is 44.2 Å². The molecular formula is C23H30N4O5S. The molecule has 0 spiro atoms. The molecule has 0 aliphatic carbocycles. The largest absolute Gasteiger partial charge is 0.477 e. The van der Waals surface area contributed by atoms with Gasteiger partial charge < -0.3 is 19.7 Å². The van der Waals surface area contributed by atoms with Crippen LogP contribution in [0.1, 0.15) is 36.5 Å². The molecule has 178 valence electrons. The lowest BCUT2D eigenvalue weighted by atomic mass is 10.1. The number of hydrogen-bond acceptors (Lipinski definition) is 7. The fourth-order valence-electron chi connectivity index (χ4n) is 4.13. The van der Waals surface area contributed by atoms with Crippen molar-refractivity contribution in [1.29, 1.82) is 0 Å². The van der Waals surface area contributed by atoms with Gasteiger partial charge in [-0.25, -0.2) is 13.4 Å². The van der Waals surface area contributed by atoms with E-state index in [-0.39, 0.29) is 10.8 Å². The van der Waals surface area contributed by atoms with Crippen molar-refractivity contribution in [3.63, 3.8) is 0 Å². The Bertz CT molecular complexity index is 1080. The number of carbonyl (C=O) groups is 1. The molecule has 0 atom stereocenters. The number of morpholine rings is 1. The smallest absolute Gasteiger partial charge is 0.261 e. The normalized spacial score (nSPS) is 17.5. The lowest BCUT2D eigenvalue weighted by Gasteiger charge is -2.31. The molecule has 2 fully saturated rings. The Kier molecular flexibility index (Phi) is 7.46. The number of nitrogens with one attached hydrogen (secondary N) is 1. The summed E-state index contributed by atoms with van der Waals surface area (Å²) in [6.07, 6.45) is 4.84. The van der Waals surface area contributed by atoms with Crippen LogP contribution in [0.2, 0.25) is 0 Å². The van der Waals surface area contributed by atoms with Crippen molar-refractivity contribution in [3.05, 3.63) is 42.1 Å². The molecule has 3 heterocycles. The van der Waals surface area contributed by atoms with Crippen LogP contribution in [0.15, 0.2) is 41.4 Å². The van der Waals surface area contributed by atoms with E-state index in [1.54, 1.807) is 36.5 Å². The van der Waals surface area contributed by atoms with Gasteiger partial charge in [-0.3, -0.25) is 4.79 Å². The summed E-state index contributed by atoms with van der Waals surface area (Å²) in [7, 11) is -3.70. The zero-order chi connectivity index (χ0) is 23.3. The molecule has 2 aliphatic rings. The number of anilines is 2. The summed E-state index contributed by atoms with van der Waals surface area (Å²) in [5.41, 5.74) is 1.57. The first-order valence-corrected chi connectivity index (χ1v) is 12.8. The van der Waals surface area contributed by atoms with Gasteiger partial charge >= 0.3 is 0 Å².